The SMILES string of the molecule is CN1NN=C(CNC(=O)C2=CC=C(C(CCC(C)(C)C)NC(=O)C(=NC3(C)CCC(C(C)(C)C)CC3)c3cccc(S(C)(=O)=O)c3)CC2)N1. The maximum Gasteiger partial charge on any atom is 0.270 e. The van der Waals surface area contributed by atoms with E-state index in [0.717, 1.165) is 37.7 Å². The van der Waals surface area contributed by atoms with Gasteiger partial charge in [-0.15, -0.1) is 10.2 Å². The molecule has 3 aliphatic rings. The van der Waals surface area contributed by atoms with Gasteiger partial charge in [-0.1, -0.05) is 65.8 Å². The van der Waals surface area contributed by atoms with Gasteiger partial charge in [-0.25, -0.2) is 14.0 Å². The molecule has 1 aromatic carbocycles. The zero-order chi connectivity index (χ0) is 36.2. The monoisotopic (exact) mass is 695 g/mol. The van der Waals surface area contributed by atoms with Crippen LogP contribution in [0.1, 0.15) is 105 Å². The van der Waals surface area contributed by atoms with Gasteiger partial charge in [0, 0.05) is 24.4 Å². The molecule has 1 atom stereocenters. The van der Waals surface area contributed by atoms with Crippen LogP contribution < -0.4 is 21.6 Å². The fourth-order valence-electron chi connectivity index (χ4n) is 6.63. The van der Waals surface area contributed by atoms with Crippen LogP contribution in [-0.2, 0) is 19.4 Å². The van der Waals surface area contributed by atoms with Crippen molar-refractivity contribution in [2.24, 2.45) is 26.8 Å². The largest absolute Gasteiger partial charge is 0.345 e. The molecule has 1 heterocycles. The lowest BCUT2D eigenvalue weighted by atomic mass is 9.68. The van der Waals surface area contributed by atoms with Crippen LogP contribution in [0.2, 0.25) is 0 Å². The molecular weight excluding hydrogens is 639 g/mol. The van der Waals surface area contributed by atoms with E-state index in [0.29, 0.717) is 42.2 Å². The molecule has 1 aromatic rings. The highest BCUT2D eigenvalue weighted by Gasteiger charge is 2.37. The first kappa shape index (κ1) is 38.3. The molecule has 270 valence electrons. The Morgan fingerprint density at radius 3 is 2.35 bits per heavy atom. The Hall–Kier alpha value is -3.51. The summed E-state index contributed by atoms with van der Waals surface area (Å²) in [5.74, 6) is 0.720. The third kappa shape index (κ3) is 11.0. The fourth-order valence-corrected chi connectivity index (χ4v) is 7.30. The van der Waals surface area contributed by atoms with E-state index in [1.165, 1.54) is 6.26 Å². The molecule has 4 rings (SSSR count). The summed E-state index contributed by atoms with van der Waals surface area (Å²) in [6, 6.07) is 6.29. The van der Waals surface area contributed by atoms with Crippen molar-refractivity contribution in [3.05, 3.63) is 53.1 Å². The molecule has 1 aliphatic heterocycles. The Balaban J connectivity index is 1.62. The van der Waals surface area contributed by atoms with Gasteiger partial charge in [0.1, 0.15) is 5.71 Å². The van der Waals surface area contributed by atoms with Crippen molar-refractivity contribution < 1.29 is 18.0 Å². The Morgan fingerprint density at radius 1 is 1.10 bits per heavy atom. The van der Waals surface area contributed by atoms with Gasteiger partial charge in [-0.05, 0) is 92.7 Å². The fraction of sp³-hybridized carbons (Fsp3) is 0.622. The molecule has 1 saturated carbocycles. The number of nitrogens with one attached hydrogen (secondary N) is 4. The molecular formula is C37H57N7O4S. The van der Waals surface area contributed by atoms with E-state index >= 15 is 0 Å². The van der Waals surface area contributed by atoms with Crippen LogP contribution in [-0.4, -0.2) is 68.3 Å². The number of amidine groups is 1. The van der Waals surface area contributed by atoms with E-state index in [2.05, 4.69) is 75.2 Å². The van der Waals surface area contributed by atoms with E-state index in [9.17, 15) is 18.0 Å². The van der Waals surface area contributed by atoms with Gasteiger partial charge < -0.3 is 10.6 Å². The van der Waals surface area contributed by atoms with E-state index in [4.69, 9.17) is 4.99 Å². The number of hydrazine groups is 2. The third-order valence-corrected chi connectivity index (χ3v) is 11.0. The van der Waals surface area contributed by atoms with Crippen LogP contribution in [0.4, 0.5) is 0 Å². The molecule has 0 saturated heterocycles. The molecule has 11 nitrogen and oxygen atoms in total. The average Bonchev–Trinajstić information content (AvgIpc) is 3.44. The second-order valence-electron chi connectivity index (χ2n) is 16.5. The molecule has 0 spiro atoms. The van der Waals surface area contributed by atoms with Crippen molar-refractivity contribution in [3.8, 4) is 0 Å². The number of nitrogens with zero attached hydrogens (tertiary/aromatic N) is 3. The van der Waals surface area contributed by atoms with E-state index in [1.54, 1.807) is 36.4 Å². The molecule has 1 fully saturated rings. The standard InChI is InChI=1S/C37H57N7O4S/c1-35(2,3)20-19-30(25-13-15-26(16-14-25)33(45)38-24-31-41-43-44(8)42-31)39-34(46)32(27-11-10-12-29(23-27)49(9,47)48)40-37(7)21-17-28(18-22-37)36(4,5)6/h10-13,15,23,28,30,43H,14,16-22,24H2,1-9H3,(H,38,45)(H,39,46)(H,41,42). The normalized spacial score (nSPS) is 23.0. The number of allylic oxidation sites excluding steroid dienone is 2. The molecule has 0 bridgehead atoms. The van der Waals surface area contributed by atoms with E-state index in [1.807, 2.05) is 12.2 Å². The number of hydrogen-bond acceptors (Lipinski definition) is 9. The lowest BCUT2D eigenvalue weighted by Crippen LogP contribution is -2.43. The second-order valence-corrected chi connectivity index (χ2v) is 18.5. The van der Waals surface area contributed by atoms with Gasteiger partial charge >= 0.3 is 0 Å². The molecule has 2 amide bonds. The molecule has 12 heteroatoms. The lowest BCUT2D eigenvalue weighted by Gasteiger charge is -2.40. The maximum absolute atomic E-state index is 14.4. The number of carbonyl (C=O) groups excluding carboxylic acids is 2. The van der Waals surface area contributed by atoms with E-state index in [-0.39, 0.29) is 45.8 Å². The minimum absolute atomic E-state index is 0.0406. The van der Waals surface area contributed by atoms with E-state index < -0.39 is 15.4 Å². The number of sulfone groups is 1. The summed E-state index contributed by atoms with van der Waals surface area (Å²) >= 11 is 0. The molecule has 0 radical (unpaired) electrons. The zero-order valence-electron chi connectivity index (χ0n) is 30.9. The van der Waals surface area contributed by atoms with Gasteiger partial charge in [-0.3, -0.25) is 20.0 Å². The number of hydrogen-bond donors (Lipinski definition) is 4. The quantitative estimate of drug-likeness (QED) is 0.233. The summed E-state index contributed by atoms with van der Waals surface area (Å²) in [5, 5.41) is 11.9. The molecule has 0 aromatic heterocycles. The minimum atomic E-state index is -3.50. The summed E-state index contributed by atoms with van der Waals surface area (Å²) in [4.78, 5) is 32.7. The number of benzene rings is 1. The Morgan fingerprint density at radius 2 is 1.80 bits per heavy atom. The van der Waals surface area contributed by atoms with Crippen molar-refractivity contribution >= 4 is 33.2 Å². The minimum Gasteiger partial charge on any atom is -0.345 e. The van der Waals surface area contributed by atoms with Gasteiger partial charge in [-0.2, -0.15) is 0 Å². The number of amides is 2. The van der Waals surface area contributed by atoms with Crippen molar-refractivity contribution in [3.63, 3.8) is 0 Å². The highest BCUT2D eigenvalue weighted by atomic mass is 32.2. The predicted molar refractivity (Wildman–Crippen MR) is 196 cm³/mol. The molecule has 4 N–H and O–H groups in total. The topological polar surface area (TPSA) is 144 Å². The maximum atomic E-state index is 14.4. The first-order chi connectivity index (χ1) is 22.7. The summed E-state index contributed by atoms with van der Waals surface area (Å²) in [7, 11) is -1.71. The highest BCUT2D eigenvalue weighted by Crippen LogP contribution is 2.43. The summed E-state index contributed by atoms with van der Waals surface area (Å²) in [5.41, 5.74) is 8.01. The van der Waals surface area contributed by atoms with Crippen LogP contribution in [0.15, 0.2) is 62.6 Å². The summed E-state index contributed by atoms with van der Waals surface area (Å²) < 4.78 is 25.0. The van der Waals surface area contributed by atoms with Crippen LogP contribution in [0, 0.1) is 16.7 Å². The highest BCUT2D eigenvalue weighted by molar-refractivity contribution is 7.90. The van der Waals surface area contributed by atoms with Crippen LogP contribution in [0.25, 0.3) is 0 Å². The molecule has 1 unspecified atom stereocenters. The first-order valence-electron chi connectivity index (χ1n) is 17.4. The van der Waals surface area contributed by atoms with Crippen LogP contribution >= 0.6 is 0 Å². The van der Waals surface area contributed by atoms with Crippen molar-refractivity contribution in [2.75, 3.05) is 19.8 Å². The van der Waals surface area contributed by atoms with Gasteiger partial charge in [0.05, 0.1) is 23.0 Å². The summed E-state index contributed by atoms with van der Waals surface area (Å²) in [6.07, 6.45) is 11.5. The van der Waals surface area contributed by atoms with Gasteiger partial charge in [0.25, 0.3) is 5.91 Å². The Labute approximate surface area is 293 Å². The van der Waals surface area contributed by atoms with Crippen molar-refractivity contribution in [1.82, 2.24) is 26.7 Å². The predicted octanol–water partition coefficient (Wildman–Crippen LogP) is 5.22. The second kappa shape index (κ2) is 15.2. The zero-order valence-corrected chi connectivity index (χ0v) is 31.7. The molecule has 2 aliphatic carbocycles. The smallest absolute Gasteiger partial charge is 0.270 e. The Kier molecular flexibility index (Phi) is 11.9. The molecule has 49 heavy (non-hydrogen) atoms. The van der Waals surface area contributed by atoms with Crippen LogP contribution in [0.5, 0.6) is 0 Å². The number of aliphatic imine (C=N–C) groups is 1. The van der Waals surface area contributed by atoms with Crippen molar-refractivity contribution in [2.45, 2.75) is 116 Å². The average molecular weight is 696 g/mol. The van der Waals surface area contributed by atoms with Gasteiger partial charge in [0.2, 0.25) is 5.91 Å². The lowest BCUT2D eigenvalue weighted by molar-refractivity contribution is -0.117. The first-order valence-corrected chi connectivity index (χ1v) is 19.3. The number of hydrazone groups is 1. The third-order valence-electron chi connectivity index (χ3n) is 9.88. The number of carbonyl (C=O) groups is 2. The Bertz CT molecular complexity index is 1620. The van der Waals surface area contributed by atoms with Crippen molar-refractivity contribution in [1.29, 1.82) is 0 Å². The number of rotatable bonds is 11. The van der Waals surface area contributed by atoms with Gasteiger partial charge in [0.15, 0.2) is 15.7 Å². The van der Waals surface area contributed by atoms with Crippen LogP contribution in [0.3, 0.4) is 0 Å². The summed E-state index contributed by atoms with van der Waals surface area (Å²) in [6.45, 7) is 15.8.